The molecule has 0 radical (unpaired) electrons. The molecule has 76 valence electrons. The molecule has 4 nitrogen and oxygen atoms in total. The first kappa shape index (κ1) is 9.58. The molecule has 0 aromatic carbocycles. The van der Waals surface area contributed by atoms with Gasteiger partial charge in [-0.3, -0.25) is 5.41 Å². The Balaban J connectivity index is 1.83. The molecule has 0 saturated heterocycles. The average Bonchev–Trinajstić information content (AvgIpc) is 2.68. The molecule has 4 N–H and O–H groups in total. The molecule has 0 unspecified atom stereocenters. The number of amidine groups is 1. The maximum atomic E-state index is 7.29. The van der Waals surface area contributed by atoms with Crippen molar-refractivity contribution in [1.29, 1.82) is 5.41 Å². The molecule has 14 heavy (non-hydrogen) atoms. The smallest absolute Gasteiger partial charge is 0.165 e. The summed E-state index contributed by atoms with van der Waals surface area (Å²) in [7, 11) is 0. The zero-order valence-corrected chi connectivity index (χ0v) is 8.73. The third-order valence-corrected chi connectivity index (χ3v) is 3.76. The van der Waals surface area contributed by atoms with Gasteiger partial charge in [0.05, 0.1) is 5.84 Å². The van der Waals surface area contributed by atoms with Gasteiger partial charge in [-0.15, -0.1) is 0 Å². The lowest BCUT2D eigenvalue weighted by Crippen LogP contribution is -2.18. The fourth-order valence-corrected chi connectivity index (χ4v) is 2.62. The van der Waals surface area contributed by atoms with Crippen molar-refractivity contribution >= 4 is 17.6 Å². The number of hydrogen-bond acceptors (Lipinski definition) is 3. The number of thioether (sulfide) groups is 1. The van der Waals surface area contributed by atoms with Gasteiger partial charge in [0.2, 0.25) is 0 Å². The molecule has 1 fully saturated rings. The maximum Gasteiger partial charge on any atom is 0.165 e. The molecular weight excluding hydrogens is 196 g/mol. The van der Waals surface area contributed by atoms with Crippen LogP contribution in [0.2, 0.25) is 0 Å². The fraction of sp³-hybridized carbons (Fsp3) is 0.556. The second kappa shape index (κ2) is 3.65. The summed E-state index contributed by atoms with van der Waals surface area (Å²) < 4.78 is 0. The fourth-order valence-electron chi connectivity index (χ4n) is 1.50. The molecule has 1 saturated carbocycles. The molecule has 0 aliphatic heterocycles. The maximum absolute atomic E-state index is 7.29. The number of hydrogen-bond donors (Lipinski definition) is 3. The van der Waals surface area contributed by atoms with Crippen LogP contribution in [0, 0.1) is 10.8 Å². The molecule has 2 rings (SSSR count). The van der Waals surface area contributed by atoms with Gasteiger partial charge in [-0.05, 0) is 18.3 Å². The molecule has 0 atom stereocenters. The van der Waals surface area contributed by atoms with Gasteiger partial charge >= 0.3 is 0 Å². The Morgan fingerprint density at radius 3 is 3.00 bits per heavy atom. The molecule has 0 bridgehead atoms. The topological polar surface area (TPSA) is 78.6 Å². The molecule has 1 aliphatic rings. The summed E-state index contributed by atoms with van der Waals surface area (Å²) in [5.41, 5.74) is 5.71. The first-order valence-electron chi connectivity index (χ1n) is 4.65. The molecule has 0 amide bonds. The Morgan fingerprint density at radius 2 is 2.50 bits per heavy atom. The van der Waals surface area contributed by atoms with Crippen molar-refractivity contribution in [3.63, 3.8) is 0 Å². The van der Waals surface area contributed by atoms with E-state index in [2.05, 4.69) is 9.97 Å². The molecule has 0 spiro atoms. The van der Waals surface area contributed by atoms with Crippen LogP contribution < -0.4 is 5.73 Å². The van der Waals surface area contributed by atoms with Crippen LogP contribution in [0.1, 0.15) is 19.3 Å². The first-order chi connectivity index (χ1) is 6.70. The summed E-state index contributed by atoms with van der Waals surface area (Å²) in [5.74, 6) is 1.32. The summed E-state index contributed by atoms with van der Waals surface area (Å²) in [6, 6.07) is 0. The Morgan fingerprint density at radius 1 is 1.71 bits per heavy atom. The normalized spacial score (nSPS) is 18.0. The van der Waals surface area contributed by atoms with Gasteiger partial charge < -0.3 is 10.7 Å². The van der Waals surface area contributed by atoms with Gasteiger partial charge in [0.1, 0.15) is 0 Å². The van der Waals surface area contributed by atoms with Crippen LogP contribution in [0.5, 0.6) is 0 Å². The van der Waals surface area contributed by atoms with E-state index >= 15 is 0 Å². The minimum absolute atomic E-state index is 0.295. The van der Waals surface area contributed by atoms with Gasteiger partial charge in [0.25, 0.3) is 0 Å². The van der Waals surface area contributed by atoms with Gasteiger partial charge in [-0.25, -0.2) is 4.98 Å². The van der Waals surface area contributed by atoms with Crippen molar-refractivity contribution < 1.29 is 0 Å². The monoisotopic (exact) mass is 210 g/mol. The number of nitrogens with two attached hydrogens (primary N) is 1. The number of aromatic nitrogens is 2. The standard InChI is InChI=1S/C9H14N4S/c10-7(11)5-9(1-2-9)6-14-8-12-3-4-13-8/h3-4H,1-2,5-6H2,(H3,10,11)(H,12,13). The van der Waals surface area contributed by atoms with Crippen LogP contribution in [-0.2, 0) is 0 Å². The van der Waals surface area contributed by atoms with E-state index in [0.717, 1.165) is 17.3 Å². The average molecular weight is 210 g/mol. The number of nitrogens with one attached hydrogen (secondary N) is 2. The van der Waals surface area contributed by atoms with E-state index in [1.807, 2.05) is 6.20 Å². The zero-order chi connectivity index (χ0) is 10.0. The lowest BCUT2D eigenvalue weighted by atomic mass is 10.1. The highest BCUT2D eigenvalue weighted by atomic mass is 32.2. The van der Waals surface area contributed by atoms with Crippen molar-refractivity contribution in [2.45, 2.75) is 24.4 Å². The lowest BCUT2D eigenvalue weighted by molar-refractivity contribution is 0.611. The molecule has 1 aromatic heterocycles. The van der Waals surface area contributed by atoms with Crippen molar-refractivity contribution in [1.82, 2.24) is 9.97 Å². The van der Waals surface area contributed by atoms with Crippen LogP contribution in [0.15, 0.2) is 17.6 Å². The predicted octanol–water partition coefficient (Wildman–Crippen LogP) is 1.61. The summed E-state index contributed by atoms with van der Waals surface area (Å²) in [5, 5.41) is 8.25. The first-order valence-corrected chi connectivity index (χ1v) is 5.64. The Bertz CT molecular complexity index is 316. The van der Waals surface area contributed by atoms with E-state index < -0.39 is 0 Å². The van der Waals surface area contributed by atoms with E-state index in [4.69, 9.17) is 11.1 Å². The number of H-pyrrole nitrogens is 1. The van der Waals surface area contributed by atoms with Crippen LogP contribution in [-0.4, -0.2) is 21.6 Å². The van der Waals surface area contributed by atoms with Crippen LogP contribution in [0.25, 0.3) is 0 Å². The van der Waals surface area contributed by atoms with Gasteiger partial charge in [-0.2, -0.15) is 0 Å². The highest BCUT2D eigenvalue weighted by molar-refractivity contribution is 7.99. The minimum Gasteiger partial charge on any atom is -0.388 e. The van der Waals surface area contributed by atoms with E-state index in [0.29, 0.717) is 11.3 Å². The van der Waals surface area contributed by atoms with Crippen molar-refractivity contribution in [3.05, 3.63) is 12.4 Å². The Labute approximate surface area is 87.2 Å². The largest absolute Gasteiger partial charge is 0.388 e. The zero-order valence-electron chi connectivity index (χ0n) is 7.92. The quantitative estimate of drug-likeness (QED) is 0.392. The highest BCUT2D eigenvalue weighted by Gasteiger charge is 2.42. The molecule has 1 aromatic rings. The van der Waals surface area contributed by atoms with Crippen LogP contribution in [0.4, 0.5) is 0 Å². The van der Waals surface area contributed by atoms with E-state index in [1.165, 1.54) is 12.8 Å². The number of aromatic amines is 1. The van der Waals surface area contributed by atoms with E-state index in [-0.39, 0.29) is 0 Å². The van der Waals surface area contributed by atoms with Crippen LogP contribution >= 0.6 is 11.8 Å². The van der Waals surface area contributed by atoms with E-state index in [9.17, 15) is 0 Å². The van der Waals surface area contributed by atoms with Crippen molar-refractivity contribution in [2.75, 3.05) is 5.75 Å². The van der Waals surface area contributed by atoms with Crippen LogP contribution in [0.3, 0.4) is 0 Å². The number of nitrogens with zero attached hydrogens (tertiary/aromatic N) is 1. The van der Waals surface area contributed by atoms with Gasteiger partial charge in [0, 0.05) is 24.6 Å². The summed E-state index contributed by atoms with van der Waals surface area (Å²) >= 11 is 1.72. The summed E-state index contributed by atoms with van der Waals surface area (Å²) in [6.45, 7) is 0. The summed E-state index contributed by atoms with van der Waals surface area (Å²) in [4.78, 5) is 7.21. The minimum atomic E-state index is 0.295. The molecule has 5 heteroatoms. The summed E-state index contributed by atoms with van der Waals surface area (Å²) in [6.07, 6.45) is 6.71. The Hall–Kier alpha value is -0.970. The highest BCUT2D eigenvalue weighted by Crippen LogP contribution is 2.51. The third kappa shape index (κ3) is 2.29. The second-order valence-corrected chi connectivity index (χ2v) is 4.85. The third-order valence-electron chi connectivity index (χ3n) is 2.51. The molecule has 1 heterocycles. The second-order valence-electron chi connectivity index (χ2n) is 3.89. The number of rotatable bonds is 5. The van der Waals surface area contributed by atoms with E-state index in [1.54, 1.807) is 18.0 Å². The molecular formula is C9H14N4S. The SMILES string of the molecule is N=C(N)CC1(CSc2ncc[nH]2)CC1. The van der Waals surface area contributed by atoms with Crippen molar-refractivity contribution in [3.8, 4) is 0 Å². The number of imidazole rings is 1. The Kier molecular flexibility index (Phi) is 2.50. The predicted molar refractivity (Wildman–Crippen MR) is 57.5 cm³/mol. The van der Waals surface area contributed by atoms with Gasteiger partial charge in [-0.1, -0.05) is 11.8 Å². The lowest BCUT2D eigenvalue weighted by Gasteiger charge is -2.11. The van der Waals surface area contributed by atoms with Gasteiger partial charge in [0.15, 0.2) is 5.16 Å². The molecule has 1 aliphatic carbocycles. The van der Waals surface area contributed by atoms with Crippen molar-refractivity contribution in [2.24, 2.45) is 11.1 Å².